The van der Waals surface area contributed by atoms with Crippen LogP contribution in [0.3, 0.4) is 0 Å². The quantitative estimate of drug-likeness (QED) is 0.488. The summed E-state index contributed by atoms with van der Waals surface area (Å²) < 4.78 is 5.52. The van der Waals surface area contributed by atoms with Crippen molar-refractivity contribution in [3.8, 4) is 12.3 Å². The van der Waals surface area contributed by atoms with E-state index in [0.29, 0.717) is 5.69 Å². The standard InChI is InChI=1S/C16H17NO5/c1-2-8-3-4-9-6-11(17-10(9)5-8)16-15(21)14(20)13(19)12(7-18)22-16/h1,3-6,12-21H,7H2/t12?,13-,14?,15?,16-/m1/s1. The van der Waals surface area contributed by atoms with E-state index < -0.39 is 37.1 Å². The number of aliphatic hydroxyl groups excluding tert-OH is 4. The summed E-state index contributed by atoms with van der Waals surface area (Å²) >= 11 is 0. The Hall–Kier alpha value is -1.88. The lowest BCUT2D eigenvalue weighted by molar-refractivity contribution is -0.232. The van der Waals surface area contributed by atoms with E-state index in [1.807, 2.05) is 6.07 Å². The van der Waals surface area contributed by atoms with Crippen molar-refractivity contribution >= 4 is 10.9 Å². The molecule has 1 aromatic carbocycles. The number of terminal acetylenes is 1. The molecule has 1 aliphatic rings. The molecular formula is C16H17NO5. The van der Waals surface area contributed by atoms with E-state index in [1.54, 1.807) is 18.2 Å². The molecule has 3 rings (SSSR count). The van der Waals surface area contributed by atoms with Crippen molar-refractivity contribution in [3.05, 3.63) is 35.5 Å². The first-order chi connectivity index (χ1) is 10.5. The fourth-order valence-electron chi connectivity index (χ4n) is 2.75. The number of fused-ring (bicyclic) bond motifs is 1. The average Bonchev–Trinajstić information content (AvgIpc) is 2.95. The number of aromatic amines is 1. The van der Waals surface area contributed by atoms with Crippen LogP contribution in [0.2, 0.25) is 0 Å². The minimum Gasteiger partial charge on any atom is -0.394 e. The second-order valence-corrected chi connectivity index (χ2v) is 5.42. The highest BCUT2D eigenvalue weighted by molar-refractivity contribution is 5.82. The number of ether oxygens (including phenoxy) is 1. The van der Waals surface area contributed by atoms with Gasteiger partial charge in [-0.25, -0.2) is 0 Å². The summed E-state index contributed by atoms with van der Waals surface area (Å²) in [4.78, 5) is 3.10. The maximum Gasteiger partial charge on any atom is 0.126 e. The Morgan fingerprint density at radius 3 is 2.59 bits per heavy atom. The van der Waals surface area contributed by atoms with Crippen LogP contribution in [0.25, 0.3) is 10.9 Å². The third-order valence-corrected chi connectivity index (χ3v) is 4.01. The van der Waals surface area contributed by atoms with Gasteiger partial charge in [0.05, 0.1) is 6.61 Å². The molecule has 1 saturated heterocycles. The number of H-pyrrole nitrogens is 1. The van der Waals surface area contributed by atoms with Crippen LogP contribution in [0, 0.1) is 12.3 Å². The molecule has 1 aromatic heterocycles. The molecule has 0 aliphatic carbocycles. The molecule has 2 heterocycles. The molecule has 6 heteroatoms. The molecule has 0 radical (unpaired) electrons. The highest BCUT2D eigenvalue weighted by Gasteiger charge is 2.44. The van der Waals surface area contributed by atoms with Crippen LogP contribution in [0.5, 0.6) is 0 Å². The van der Waals surface area contributed by atoms with Crippen LogP contribution in [0.4, 0.5) is 0 Å². The number of rotatable bonds is 2. The van der Waals surface area contributed by atoms with Gasteiger partial charge < -0.3 is 30.1 Å². The van der Waals surface area contributed by atoms with Crippen LogP contribution >= 0.6 is 0 Å². The highest BCUT2D eigenvalue weighted by atomic mass is 16.5. The Morgan fingerprint density at radius 2 is 1.91 bits per heavy atom. The first-order valence-corrected chi connectivity index (χ1v) is 6.95. The van der Waals surface area contributed by atoms with Crippen molar-refractivity contribution in [2.75, 3.05) is 6.61 Å². The highest BCUT2D eigenvalue weighted by Crippen LogP contribution is 2.33. The largest absolute Gasteiger partial charge is 0.394 e. The Balaban J connectivity index is 1.97. The second-order valence-electron chi connectivity index (χ2n) is 5.42. The van der Waals surface area contributed by atoms with Gasteiger partial charge in [-0.05, 0) is 23.6 Å². The van der Waals surface area contributed by atoms with Gasteiger partial charge in [0.25, 0.3) is 0 Å². The molecule has 0 saturated carbocycles. The van der Waals surface area contributed by atoms with Gasteiger partial charge in [-0.2, -0.15) is 0 Å². The topological polar surface area (TPSA) is 106 Å². The van der Waals surface area contributed by atoms with Crippen molar-refractivity contribution in [2.45, 2.75) is 30.5 Å². The second kappa shape index (κ2) is 5.72. The zero-order valence-electron chi connectivity index (χ0n) is 11.7. The van der Waals surface area contributed by atoms with E-state index in [-0.39, 0.29) is 0 Å². The average molecular weight is 303 g/mol. The van der Waals surface area contributed by atoms with Crippen molar-refractivity contribution in [3.63, 3.8) is 0 Å². The Bertz CT molecular complexity index is 717. The number of hydrogen-bond acceptors (Lipinski definition) is 5. The summed E-state index contributed by atoms with van der Waals surface area (Å²) in [5, 5.41) is 39.9. The van der Waals surface area contributed by atoms with E-state index in [2.05, 4.69) is 10.9 Å². The van der Waals surface area contributed by atoms with Gasteiger partial charge in [0.15, 0.2) is 0 Å². The summed E-state index contributed by atoms with van der Waals surface area (Å²) in [5.41, 5.74) is 2.04. The summed E-state index contributed by atoms with van der Waals surface area (Å²) in [7, 11) is 0. The van der Waals surface area contributed by atoms with Crippen molar-refractivity contribution in [1.29, 1.82) is 0 Å². The third-order valence-electron chi connectivity index (χ3n) is 4.01. The van der Waals surface area contributed by atoms with Gasteiger partial charge in [-0.1, -0.05) is 12.0 Å². The SMILES string of the molecule is C#Cc1ccc2cc([C@H]3OC(CO)[C@@H](O)C(O)C3O)[nH]c2c1. The molecule has 0 amide bonds. The fraction of sp³-hybridized carbons (Fsp3) is 0.375. The van der Waals surface area contributed by atoms with E-state index in [0.717, 1.165) is 16.5 Å². The number of nitrogens with one attached hydrogen (secondary N) is 1. The lowest BCUT2D eigenvalue weighted by Gasteiger charge is -2.39. The number of hydrogen-bond donors (Lipinski definition) is 5. The predicted molar refractivity (Wildman–Crippen MR) is 79.0 cm³/mol. The molecular weight excluding hydrogens is 286 g/mol. The summed E-state index contributed by atoms with van der Waals surface area (Å²) in [6.45, 7) is -0.455. The molecule has 1 fully saturated rings. The van der Waals surface area contributed by atoms with Crippen molar-refractivity contribution in [1.82, 2.24) is 4.98 Å². The molecule has 6 nitrogen and oxygen atoms in total. The maximum absolute atomic E-state index is 10.1. The third kappa shape index (κ3) is 2.39. The summed E-state index contributed by atoms with van der Waals surface area (Å²) in [5.74, 6) is 2.54. The molecule has 116 valence electrons. The van der Waals surface area contributed by atoms with Crippen LogP contribution in [-0.2, 0) is 4.74 Å². The van der Waals surface area contributed by atoms with E-state index in [1.165, 1.54) is 0 Å². The summed E-state index contributed by atoms with van der Waals surface area (Å²) in [6, 6.07) is 7.22. The fourth-order valence-corrected chi connectivity index (χ4v) is 2.75. The zero-order valence-corrected chi connectivity index (χ0v) is 11.7. The van der Waals surface area contributed by atoms with Gasteiger partial charge in [-0.15, -0.1) is 6.42 Å². The minimum atomic E-state index is -1.40. The first kappa shape index (κ1) is 15.0. The van der Waals surface area contributed by atoms with Gasteiger partial charge in [0, 0.05) is 16.8 Å². The number of benzene rings is 1. The molecule has 0 spiro atoms. The molecule has 3 unspecified atom stereocenters. The van der Waals surface area contributed by atoms with Crippen LogP contribution < -0.4 is 0 Å². The van der Waals surface area contributed by atoms with Gasteiger partial charge in [-0.3, -0.25) is 0 Å². The molecule has 0 bridgehead atoms. The van der Waals surface area contributed by atoms with E-state index in [9.17, 15) is 20.4 Å². The van der Waals surface area contributed by atoms with Gasteiger partial charge in [0.2, 0.25) is 0 Å². The monoisotopic (exact) mass is 303 g/mol. The normalized spacial score (nSPS) is 32.0. The minimum absolute atomic E-state index is 0.455. The van der Waals surface area contributed by atoms with Crippen LogP contribution in [-0.4, -0.2) is 56.4 Å². The first-order valence-electron chi connectivity index (χ1n) is 6.95. The molecule has 1 aliphatic heterocycles. The molecule has 5 N–H and O–H groups in total. The molecule has 22 heavy (non-hydrogen) atoms. The molecule has 2 aromatic rings. The summed E-state index contributed by atoms with van der Waals surface area (Å²) in [6.07, 6.45) is -0.521. The van der Waals surface area contributed by atoms with Crippen LogP contribution in [0.15, 0.2) is 24.3 Å². The Labute approximate surface area is 127 Å². The lowest BCUT2D eigenvalue weighted by atomic mass is 9.93. The smallest absolute Gasteiger partial charge is 0.126 e. The number of aliphatic hydroxyl groups is 4. The van der Waals surface area contributed by atoms with E-state index in [4.69, 9.17) is 11.2 Å². The Morgan fingerprint density at radius 1 is 1.14 bits per heavy atom. The van der Waals surface area contributed by atoms with Gasteiger partial charge in [0.1, 0.15) is 30.5 Å². The predicted octanol–water partition coefficient (Wildman–Crippen LogP) is -0.336. The molecule has 5 atom stereocenters. The van der Waals surface area contributed by atoms with Crippen molar-refractivity contribution in [2.24, 2.45) is 0 Å². The van der Waals surface area contributed by atoms with Gasteiger partial charge >= 0.3 is 0 Å². The van der Waals surface area contributed by atoms with E-state index >= 15 is 0 Å². The van der Waals surface area contributed by atoms with Crippen LogP contribution in [0.1, 0.15) is 17.4 Å². The lowest BCUT2D eigenvalue weighted by Crippen LogP contribution is -2.55. The zero-order chi connectivity index (χ0) is 15.9. The maximum atomic E-state index is 10.1. The number of aromatic nitrogens is 1. The van der Waals surface area contributed by atoms with Crippen molar-refractivity contribution < 1.29 is 25.2 Å². The Kier molecular flexibility index (Phi) is 3.91.